The second kappa shape index (κ2) is 1.86. The van der Waals surface area contributed by atoms with Crippen LogP contribution in [0.15, 0.2) is 0 Å². The van der Waals surface area contributed by atoms with E-state index in [0.29, 0.717) is 6.42 Å². The SMILES string of the molecule is CNC1(CC=O)CC1. The lowest BCUT2D eigenvalue weighted by Gasteiger charge is -2.06. The van der Waals surface area contributed by atoms with Gasteiger partial charge in [0, 0.05) is 12.0 Å². The van der Waals surface area contributed by atoms with Gasteiger partial charge in [-0.05, 0) is 19.9 Å². The van der Waals surface area contributed by atoms with Crippen molar-refractivity contribution in [1.82, 2.24) is 5.32 Å². The summed E-state index contributed by atoms with van der Waals surface area (Å²) in [5.74, 6) is 0. The van der Waals surface area contributed by atoms with Crippen LogP contribution < -0.4 is 5.32 Å². The monoisotopic (exact) mass is 113 g/mol. The van der Waals surface area contributed by atoms with Gasteiger partial charge in [-0.3, -0.25) is 0 Å². The summed E-state index contributed by atoms with van der Waals surface area (Å²) >= 11 is 0. The predicted octanol–water partition coefficient (Wildman–Crippen LogP) is 0.327. The Morgan fingerprint density at radius 3 is 2.50 bits per heavy atom. The third kappa shape index (κ3) is 0.892. The summed E-state index contributed by atoms with van der Waals surface area (Å²) in [5.41, 5.74) is 0.224. The molecule has 0 heterocycles. The zero-order valence-corrected chi connectivity index (χ0v) is 5.11. The van der Waals surface area contributed by atoms with Gasteiger partial charge in [0.05, 0.1) is 0 Å². The molecule has 1 rings (SSSR count). The molecule has 0 saturated heterocycles. The Labute approximate surface area is 49.3 Å². The first-order chi connectivity index (χ1) is 3.83. The van der Waals surface area contributed by atoms with Crippen molar-refractivity contribution in [2.24, 2.45) is 0 Å². The van der Waals surface area contributed by atoms with Crippen LogP contribution in [0.25, 0.3) is 0 Å². The van der Waals surface area contributed by atoms with Crippen molar-refractivity contribution in [3.63, 3.8) is 0 Å². The number of hydrogen-bond donors (Lipinski definition) is 1. The van der Waals surface area contributed by atoms with E-state index in [4.69, 9.17) is 0 Å². The van der Waals surface area contributed by atoms with Gasteiger partial charge in [0.1, 0.15) is 6.29 Å². The first kappa shape index (κ1) is 5.76. The summed E-state index contributed by atoms with van der Waals surface area (Å²) in [7, 11) is 1.91. The molecule has 1 saturated carbocycles. The van der Waals surface area contributed by atoms with Gasteiger partial charge < -0.3 is 10.1 Å². The van der Waals surface area contributed by atoms with Crippen molar-refractivity contribution in [3.8, 4) is 0 Å². The molecule has 0 spiro atoms. The molecule has 0 atom stereocenters. The van der Waals surface area contributed by atoms with Crippen LogP contribution in [0.3, 0.4) is 0 Å². The van der Waals surface area contributed by atoms with Crippen molar-refractivity contribution in [2.45, 2.75) is 24.8 Å². The highest BCUT2D eigenvalue weighted by atomic mass is 16.1. The summed E-state index contributed by atoms with van der Waals surface area (Å²) in [5, 5.41) is 3.12. The van der Waals surface area contributed by atoms with E-state index >= 15 is 0 Å². The molecule has 46 valence electrons. The quantitative estimate of drug-likeness (QED) is 0.534. The maximum atomic E-state index is 9.98. The zero-order chi connectivity index (χ0) is 6.04. The zero-order valence-electron chi connectivity index (χ0n) is 5.11. The van der Waals surface area contributed by atoms with E-state index in [1.165, 1.54) is 12.8 Å². The molecule has 2 nitrogen and oxygen atoms in total. The fourth-order valence-corrected chi connectivity index (χ4v) is 0.867. The minimum Gasteiger partial charge on any atom is -0.314 e. The van der Waals surface area contributed by atoms with E-state index in [9.17, 15) is 4.79 Å². The van der Waals surface area contributed by atoms with Crippen molar-refractivity contribution >= 4 is 6.29 Å². The van der Waals surface area contributed by atoms with Crippen LogP contribution in [0.1, 0.15) is 19.3 Å². The summed E-state index contributed by atoms with van der Waals surface area (Å²) in [4.78, 5) is 9.98. The summed E-state index contributed by atoms with van der Waals surface area (Å²) in [6.45, 7) is 0. The van der Waals surface area contributed by atoms with Gasteiger partial charge in [0.25, 0.3) is 0 Å². The van der Waals surface area contributed by atoms with Gasteiger partial charge >= 0.3 is 0 Å². The standard InChI is InChI=1S/C6H11NO/c1-7-6(2-3-6)4-5-8/h5,7H,2-4H2,1H3. The van der Waals surface area contributed by atoms with Gasteiger partial charge in [0.2, 0.25) is 0 Å². The molecule has 0 aromatic carbocycles. The number of rotatable bonds is 3. The Bertz CT molecular complexity index is 96.7. The number of carbonyl (C=O) groups excluding carboxylic acids is 1. The topological polar surface area (TPSA) is 29.1 Å². The second-order valence-corrected chi connectivity index (χ2v) is 2.40. The molecular weight excluding hydrogens is 102 g/mol. The lowest BCUT2D eigenvalue weighted by molar-refractivity contribution is -0.108. The molecule has 0 bridgehead atoms. The Morgan fingerprint density at radius 1 is 1.75 bits per heavy atom. The van der Waals surface area contributed by atoms with Crippen molar-refractivity contribution in [3.05, 3.63) is 0 Å². The summed E-state index contributed by atoms with van der Waals surface area (Å²) in [6, 6.07) is 0. The smallest absolute Gasteiger partial charge is 0.121 e. The second-order valence-electron chi connectivity index (χ2n) is 2.40. The third-order valence-electron chi connectivity index (χ3n) is 1.86. The Morgan fingerprint density at radius 2 is 2.38 bits per heavy atom. The van der Waals surface area contributed by atoms with Crippen LogP contribution in [-0.2, 0) is 4.79 Å². The Hall–Kier alpha value is -0.370. The van der Waals surface area contributed by atoms with Crippen LogP contribution in [0, 0.1) is 0 Å². The number of nitrogens with one attached hydrogen (secondary N) is 1. The molecule has 0 aromatic rings. The van der Waals surface area contributed by atoms with Gasteiger partial charge in [0.15, 0.2) is 0 Å². The fourth-order valence-electron chi connectivity index (χ4n) is 0.867. The van der Waals surface area contributed by atoms with E-state index in [-0.39, 0.29) is 5.54 Å². The highest BCUT2D eigenvalue weighted by Crippen LogP contribution is 2.36. The van der Waals surface area contributed by atoms with Gasteiger partial charge in [-0.1, -0.05) is 0 Å². The Balaban J connectivity index is 2.29. The number of aldehydes is 1. The molecular formula is C6H11NO. The number of carbonyl (C=O) groups is 1. The lowest BCUT2D eigenvalue weighted by Crippen LogP contribution is -2.27. The first-order valence-electron chi connectivity index (χ1n) is 2.95. The van der Waals surface area contributed by atoms with Crippen LogP contribution in [0.5, 0.6) is 0 Å². The van der Waals surface area contributed by atoms with Crippen molar-refractivity contribution < 1.29 is 4.79 Å². The minimum atomic E-state index is 0.224. The van der Waals surface area contributed by atoms with E-state index < -0.39 is 0 Å². The molecule has 1 aliphatic carbocycles. The fraction of sp³-hybridized carbons (Fsp3) is 0.833. The van der Waals surface area contributed by atoms with E-state index in [2.05, 4.69) is 5.32 Å². The van der Waals surface area contributed by atoms with Gasteiger partial charge in [-0.15, -0.1) is 0 Å². The van der Waals surface area contributed by atoms with Gasteiger partial charge in [-0.2, -0.15) is 0 Å². The van der Waals surface area contributed by atoms with Crippen LogP contribution >= 0.6 is 0 Å². The average Bonchev–Trinajstić information content (AvgIpc) is 2.50. The molecule has 8 heavy (non-hydrogen) atoms. The minimum absolute atomic E-state index is 0.224. The van der Waals surface area contributed by atoms with Crippen molar-refractivity contribution in [2.75, 3.05) is 7.05 Å². The molecule has 0 radical (unpaired) electrons. The summed E-state index contributed by atoms with van der Waals surface area (Å²) < 4.78 is 0. The van der Waals surface area contributed by atoms with E-state index in [1.807, 2.05) is 7.05 Å². The highest BCUT2D eigenvalue weighted by Gasteiger charge is 2.40. The van der Waals surface area contributed by atoms with Crippen LogP contribution in [-0.4, -0.2) is 18.9 Å². The molecule has 2 heteroatoms. The predicted molar refractivity (Wildman–Crippen MR) is 31.7 cm³/mol. The van der Waals surface area contributed by atoms with Crippen molar-refractivity contribution in [1.29, 1.82) is 0 Å². The van der Waals surface area contributed by atoms with E-state index in [1.54, 1.807) is 0 Å². The molecule has 0 amide bonds. The molecule has 1 fully saturated rings. The first-order valence-corrected chi connectivity index (χ1v) is 2.95. The maximum absolute atomic E-state index is 9.98. The summed E-state index contributed by atoms with van der Waals surface area (Å²) in [6.07, 6.45) is 4.01. The maximum Gasteiger partial charge on any atom is 0.121 e. The van der Waals surface area contributed by atoms with E-state index in [0.717, 1.165) is 6.29 Å². The third-order valence-corrected chi connectivity index (χ3v) is 1.86. The Kier molecular flexibility index (Phi) is 1.34. The molecule has 0 unspecified atom stereocenters. The largest absolute Gasteiger partial charge is 0.314 e. The molecule has 0 aliphatic heterocycles. The highest BCUT2D eigenvalue weighted by molar-refractivity contribution is 5.53. The average molecular weight is 113 g/mol. The van der Waals surface area contributed by atoms with Crippen LogP contribution in [0.4, 0.5) is 0 Å². The van der Waals surface area contributed by atoms with Gasteiger partial charge in [-0.25, -0.2) is 0 Å². The molecule has 1 N–H and O–H groups in total. The lowest BCUT2D eigenvalue weighted by atomic mass is 10.2. The normalized spacial score (nSPS) is 22.6. The molecule has 1 aliphatic rings. The van der Waals surface area contributed by atoms with Crippen LogP contribution in [0.2, 0.25) is 0 Å². The number of hydrogen-bond acceptors (Lipinski definition) is 2. The molecule has 0 aromatic heterocycles.